The Bertz CT molecular complexity index is 890. The molecule has 5 nitrogen and oxygen atoms in total. The van der Waals surface area contributed by atoms with Gasteiger partial charge < -0.3 is 14.8 Å². The van der Waals surface area contributed by atoms with E-state index in [1.165, 1.54) is 7.11 Å². The largest absolute Gasteiger partial charge is 0.487 e. The van der Waals surface area contributed by atoms with Gasteiger partial charge in [-0.05, 0) is 42.7 Å². The molecule has 4 rings (SSSR count). The first kappa shape index (κ1) is 17.9. The summed E-state index contributed by atoms with van der Waals surface area (Å²) >= 11 is 6.31. The number of methoxy groups -OCH3 is 1. The molecule has 0 saturated heterocycles. The first-order valence-electron chi connectivity index (χ1n) is 9.00. The summed E-state index contributed by atoms with van der Waals surface area (Å²) < 4.78 is 10.9. The van der Waals surface area contributed by atoms with Gasteiger partial charge in [-0.2, -0.15) is 0 Å². The predicted octanol–water partition coefficient (Wildman–Crippen LogP) is 3.62. The van der Waals surface area contributed by atoms with Gasteiger partial charge in [0.05, 0.1) is 19.2 Å². The molecule has 0 radical (unpaired) electrons. The van der Waals surface area contributed by atoms with Crippen molar-refractivity contribution < 1.29 is 19.1 Å². The van der Waals surface area contributed by atoms with Crippen LogP contribution in [-0.4, -0.2) is 31.6 Å². The number of ether oxygens (including phenoxy) is 2. The fourth-order valence-corrected chi connectivity index (χ4v) is 3.57. The molecular formula is C21H20ClNO4. The standard InChI is InChI=1S/C21H20ClNO4/c1-26-21(25)14-6-2-12(3-7-14)18-10-16(22)8-15-9-17(27-19(15)18)11-23-20(24)13-4-5-13/h2-3,6-8,10,13,17H,4-5,9,11H2,1H3,(H,23,24)/t17-/m1/s1. The van der Waals surface area contributed by atoms with Gasteiger partial charge in [-0.25, -0.2) is 4.79 Å². The smallest absolute Gasteiger partial charge is 0.337 e. The third-order valence-electron chi connectivity index (χ3n) is 4.93. The number of hydrogen-bond acceptors (Lipinski definition) is 4. The van der Waals surface area contributed by atoms with E-state index in [-0.39, 0.29) is 23.9 Å². The number of benzene rings is 2. The van der Waals surface area contributed by atoms with E-state index in [2.05, 4.69) is 5.32 Å². The average molecular weight is 386 g/mol. The lowest BCUT2D eigenvalue weighted by molar-refractivity contribution is -0.122. The zero-order valence-corrected chi connectivity index (χ0v) is 15.7. The number of halogens is 1. The monoisotopic (exact) mass is 385 g/mol. The highest BCUT2D eigenvalue weighted by Gasteiger charge is 2.31. The highest BCUT2D eigenvalue weighted by molar-refractivity contribution is 6.31. The van der Waals surface area contributed by atoms with E-state index in [1.807, 2.05) is 24.3 Å². The zero-order valence-electron chi connectivity index (χ0n) is 15.0. The highest BCUT2D eigenvalue weighted by Crippen LogP contribution is 2.41. The summed E-state index contributed by atoms with van der Waals surface area (Å²) in [6.45, 7) is 0.488. The van der Waals surface area contributed by atoms with Crippen molar-refractivity contribution in [3.63, 3.8) is 0 Å². The summed E-state index contributed by atoms with van der Waals surface area (Å²) in [5.74, 6) is 0.717. The lowest BCUT2D eigenvalue weighted by Gasteiger charge is -2.14. The van der Waals surface area contributed by atoms with Crippen molar-refractivity contribution in [2.75, 3.05) is 13.7 Å². The van der Waals surface area contributed by atoms with Gasteiger partial charge in [0.25, 0.3) is 0 Å². The molecule has 140 valence electrons. The minimum atomic E-state index is -0.374. The Balaban J connectivity index is 1.54. The molecule has 0 spiro atoms. The molecule has 2 aromatic carbocycles. The number of hydrogen-bond donors (Lipinski definition) is 1. The van der Waals surface area contributed by atoms with E-state index in [1.54, 1.807) is 12.1 Å². The van der Waals surface area contributed by atoms with Crippen molar-refractivity contribution in [2.24, 2.45) is 5.92 Å². The van der Waals surface area contributed by atoms with Crippen LogP contribution in [0.15, 0.2) is 36.4 Å². The number of amides is 1. The molecule has 1 N–H and O–H groups in total. The van der Waals surface area contributed by atoms with E-state index < -0.39 is 0 Å². The predicted molar refractivity (Wildman–Crippen MR) is 102 cm³/mol. The summed E-state index contributed by atoms with van der Waals surface area (Å²) in [6, 6.07) is 10.9. The van der Waals surface area contributed by atoms with Gasteiger partial charge in [0.2, 0.25) is 5.91 Å². The number of fused-ring (bicyclic) bond motifs is 1. The molecule has 1 amide bonds. The van der Waals surface area contributed by atoms with Crippen LogP contribution in [0.3, 0.4) is 0 Å². The van der Waals surface area contributed by atoms with Crippen LogP contribution in [0.1, 0.15) is 28.8 Å². The first-order chi connectivity index (χ1) is 13.0. The maximum absolute atomic E-state index is 11.9. The lowest BCUT2D eigenvalue weighted by atomic mass is 9.99. The molecule has 1 atom stereocenters. The van der Waals surface area contributed by atoms with Crippen molar-refractivity contribution in [1.82, 2.24) is 5.32 Å². The van der Waals surface area contributed by atoms with E-state index in [0.29, 0.717) is 23.6 Å². The number of esters is 1. The zero-order chi connectivity index (χ0) is 19.0. The fourth-order valence-electron chi connectivity index (χ4n) is 3.33. The fraction of sp³-hybridized carbons (Fsp3) is 0.333. The second-order valence-electron chi connectivity index (χ2n) is 6.97. The summed E-state index contributed by atoms with van der Waals surface area (Å²) in [6.07, 6.45) is 2.57. The lowest BCUT2D eigenvalue weighted by Crippen LogP contribution is -2.35. The molecule has 0 aromatic heterocycles. The quantitative estimate of drug-likeness (QED) is 0.798. The van der Waals surface area contributed by atoms with E-state index in [4.69, 9.17) is 21.1 Å². The summed E-state index contributed by atoms with van der Waals surface area (Å²) in [4.78, 5) is 23.5. The molecule has 27 heavy (non-hydrogen) atoms. The molecule has 1 fully saturated rings. The Labute approximate surface area is 162 Å². The minimum Gasteiger partial charge on any atom is -0.487 e. The van der Waals surface area contributed by atoms with Gasteiger partial charge in [0, 0.05) is 28.5 Å². The van der Waals surface area contributed by atoms with Gasteiger partial charge in [0.15, 0.2) is 0 Å². The SMILES string of the molecule is COC(=O)c1ccc(-c2cc(Cl)cc3c2O[C@@H](CNC(=O)C2CC2)C3)cc1. The van der Waals surface area contributed by atoms with E-state index in [9.17, 15) is 9.59 Å². The van der Waals surface area contributed by atoms with Crippen molar-refractivity contribution >= 4 is 23.5 Å². The third-order valence-corrected chi connectivity index (χ3v) is 5.15. The Morgan fingerprint density at radius 3 is 2.63 bits per heavy atom. The Morgan fingerprint density at radius 2 is 1.96 bits per heavy atom. The maximum atomic E-state index is 11.9. The third kappa shape index (κ3) is 3.78. The van der Waals surface area contributed by atoms with Crippen LogP contribution in [0.25, 0.3) is 11.1 Å². The molecule has 2 aliphatic rings. The highest BCUT2D eigenvalue weighted by atomic mass is 35.5. The molecule has 0 bridgehead atoms. The summed E-state index contributed by atoms with van der Waals surface area (Å²) in [7, 11) is 1.36. The van der Waals surface area contributed by atoms with Crippen LogP contribution in [-0.2, 0) is 16.0 Å². The van der Waals surface area contributed by atoms with E-state index in [0.717, 1.165) is 35.3 Å². The average Bonchev–Trinajstić information content (AvgIpc) is 3.45. The van der Waals surface area contributed by atoms with Gasteiger partial charge in [-0.3, -0.25) is 4.79 Å². The topological polar surface area (TPSA) is 64.6 Å². The molecule has 1 aliphatic carbocycles. The van der Waals surface area contributed by atoms with Gasteiger partial charge in [-0.1, -0.05) is 23.7 Å². The number of carbonyl (C=O) groups is 2. The Hall–Kier alpha value is -2.53. The van der Waals surface area contributed by atoms with Gasteiger partial charge in [-0.15, -0.1) is 0 Å². The molecular weight excluding hydrogens is 366 g/mol. The first-order valence-corrected chi connectivity index (χ1v) is 9.38. The van der Waals surface area contributed by atoms with Crippen molar-refractivity contribution in [2.45, 2.75) is 25.4 Å². The molecule has 6 heteroatoms. The number of rotatable bonds is 5. The van der Waals surface area contributed by atoms with Crippen molar-refractivity contribution in [1.29, 1.82) is 0 Å². The van der Waals surface area contributed by atoms with Crippen LogP contribution in [0, 0.1) is 5.92 Å². The molecule has 1 aliphatic heterocycles. The second kappa shape index (κ2) is 7.24. The molecule has 2 aromatic rings. The van der Waals surface area contributed by atoms with Crippen LogP contribution < -0.4 is 10.1 Å². The molecule has 1 heterocycles. The molecule has 0 unspecified atom stereocenters. The summed E-state index contributed by atoms with van der Waals surface area (Å²) in [5.41, 5.74) is 3.30. The van der Waals surface area contributed by atoms with Crippen molar-refractivity contribution in [3.8, 4) is 16.9 Å². The number of nitrogens with one attached hydrogen (secondary N) is 1. The van der Waals surface area contributed by atoms with E-state index >= 15 is 0 Å². The van der Waals surface area contributed by atoms with Crippen LogP contribution >= 0.6 is 11.6 Å². The van der Waals surface area contributed by atoms with Crippen LogP contribution in [0.4, 0.5) is 0 Å². The Morgan fingerprint density at radius 1 is 1.22 bits per heavy atom. The van der Waals surface area contributed by atoms with Gasteiger partial charge >= 0.3 is 5.97 Å². The summed E-state index contributed by atoms with van der Waals surface area (Å²) in [5, 5.41) is 3.60. The van der Waals surface area contributed by atoms with Crippen molar-refractivity contribution in [3.05, 3.63) is 52.5 Å². The molecule has 1 saturated carbocycles. The minimum absolute atomic E-state index is 0.103. The van der Waals surface area contributed by atoms with Gasteiger partial charge in [0.1, 0.15) is 11.9 Å². The van der Waals surface area contributed by atoms with Crippen LogP contribution in [0.5, 0.6) is 5.75 Å². The van der Waals surface area contributed by atoms with Crippen LogP contribution in [0.2, 0.25) is 5.02 Å². The number of carbonyl (C=O) groups excluding carboxylic acids is 2. The normalized spacial score (nSPS) is 17.8. The Kier molecular flexibility index (Phi) is 4.79. The second-order valence-corrected chi connectivity index (χ2v) is 7.41. The maximum Gasteiger partial charge on any atom is 0.337 e.